The number of rotatable bonds is 9. The molecule has 1 unspecified atom stereocenters. The highest BCUT2D eigenvalue weighted by molar-refractivity contribution is 7.90. The van der Waals surface area contributed by atoms with Gasteiger partial charge in [0.25, 0.3) is 0 Å². The molecular formula is C23H32N2O2S. The second kappa shape index (κ2) is 9.68. The van der Waals surface area contributed by atoms with Gasteiger partial charge in [-0.05, 0) is 76.1 Å². The van der Waals surface area contributed by atoms with E-state index in [2.05, 4.69) is 29.8 Å². The van der Waals surface area contributed by atoms with Crippen LogP contribution in [0.3, 0.4) is 0 Å². The van der Waals surface area contributed by atoms with Gasteiger partial charge in [-0.1, -0.05) is 42.5 Å². The molecule has 28 heavy (non-hydrogen) atoms. The third kappa shape index (κ3) is 5.66. The quantitative estimate of drug-likeness (QED) is 0.639. The number of likely N-dealkylation sites (tertiary alicyclic amines) is 1. The summed E-state index contributed by atoms with van der Waals surface area (Å²) in [6, 6.07) is 17.2. The van der Waals surface area contributed by atoms with Crippen LogP contribution < -0.4 is 0 Å². The molecule has 1 saturated heterocycles. The van der Waals surface area contributed by atoms with E-state index in [-0.39, 0.29) is 5.75 Å². The SMILES string of the molecule is CC(CCN(C)Cc1ccccc1CS(=O)(=O)c1ccccc1)N1CCCC1. The van der Waals surface area contributed by atoms with Crippen molar-refractivity contribution < 1.29 is 8.42 Å². The van der Waals surface area contributed by atoms with Crippen molar-refractivity contribution in [2.45, 2.75) is 49.4 Å². The Morgan fingerprint density at radius 1 is 0.964 bits per heavy atom. The maximum atomic E-state index is 12.8. The van der Waals surface area contributed by atoms with Crippen LogP contribution in [0.25, 0.3) is 0 Å². The molecule has 3 rings (SSSR count). The Morgan fingerprint density at radius 2 is 1.57 bits per heavy atom. The minimum atomic E-state index is -3.33. The average Bonchev–Trinajstić information content (AvgIpc) is 3.23. The van der Waals surface area contributed by atoms with Gasteiger partial charge >= 0.3 is 0 Å². The fourth-order valence-electron chi connectivity index (χ4n) is 3.91. The van der Waals surface area contributed by atoms with Gasteiger partial charge in [0.2, 0.25) is 0 Å². The van der Waals surface area contributed by atoms with Gasteiger partial charge in [-0.2, -0.15) is 0 Å². The molecule has 0 spiro atoms. The van der Waals surface area contributed by atoms with Crippen molar-refractivity contribution in [2.24, 2.45) is 0 Å². The molecule has 0 bridgehead atoms. The van der Waals surface area contributed by atoms with E-state index < -0.39 is 9.84 Å². The molecule has 1 heterocycles. The van der Waals surface area contributed by atoms with Gasteiger partial charge in [0.1, 0.15) is 0 Å². The summed E-state index contributed by atoms with van der Waals surface area (Å²) in [6.07, 6.45) is 3.79. The lowest BCUT2D eigenvalue weighted by Crippen LogP contribution is -2.33. The molecule has 0 N–H and O–H groups in total. The molecule has 0 amide bonds. The van der Waals surface area contributed by atoms with E-state index in [1.165, 1.54) is 25.9 Å². The van der Waals surface area contributed by atoms with E-state index in [4.69, 9.17) is 0 Å². The Hall–Kier alpha value is -1.69. The zero-order valence-corrected chi connectivity index (χ0v) is 17.9. The summed E-state index contributed by atoms with van der Waals surface area (Å²) in [5.74, 6) is 0.0468. The summed E-state index contributed by atoms with van der Waals surface area (Å²) < 4.78 is 25.6. The Labute approximate surface area is 170 Å². The van der Waals surface area contributed by atoms with E-state index in [1.54, 1.807) is 24.3 Å². The van der Waals surface area contributed by atoms with E-state index in [0.717, 1.165) is 30.6 Å². The highest BCUT2D eigenvalue weighted by Gasteiger charge is 2.19. The number of hydrogen-bond acceptors (Lipinski definition) is 4. The predicted octanol–water partition coefficient (Wildman–Crippen LogP) is 3.97. The zero-order valence-electron chi connectivity index (χ0n) is 17.0. The van der Waals surface area contributed by atoms with Crippen molar-refractivity contribution in [3.63, 3.8) is 0 Å². The summed E-state index contributed by atoms with van der Waals surface area (Å²) in [5, 5.41) is 0. The Balaban J connectivity index is 1.62. The van der Waals surface area contributed by atoms with Crippen molar-refractivity contribution in [2.75, 3.05) is 26.7 Å². The van der Waals surface area contributed by atoms with Gasteiger partial charge < -0.3 is 9.80 Å². The van der Waals surface area contributed by atoms with Crippen LogP contribution in [-0.2, 0) is 22.1 Å². The molecule has 152 valence electrons. The number of sulfone groups is 1. The largest absolute Gasteiger partial charge is 0.302 e. The zero-order chi connectivity index (χ0) is 20.0. The number of benzene rings is 2. The van der Waals surface area contributed by atoms with E-state index in [9.17, 15) is 8.42 Å². The summed E-state index contributed by atoms with van der Waals surface area (Å²) in [4.78, 5) is 5.27. The van der Waals surface area contributed by atoms with Crippen molar-refractivity contribution >= 4 is 9.84 Å². The fourth-order valence-corrected chi connectivity index (χ4v) is 5.34. The maximum absolute atomic E-state index is 12.8. The van der Waals surface area contributed by atoms with Crippen LogP contribution in [0.1, 0.15) is 37.3 Å². The topological polar surface area (TPSA) is 40.6 Å². The average molecular weight is 401 g/mol. The van der Waals surface area contributed by atoms with Gasteiger partial charge in [-0.15, -0.1) is 0 Å². The monoisotopic (exact) mass is 400 g/mol. The fraction of sp³-hybridized carbons (Fsp3) is 0.478. The van der Waals surface area contributed by atoms with Gasteiger partial charge in [0, 0.05) is 12.6 Å². The summed E-state index contributed by atoms with van der Waals surface area (Å²) in [7, 11) is -1.21. The molecule has 4 nitrogen and oxygen atoms in total. The molecule has 1 atom stereocenters. The van der Waals surface area contributed by atoms with Gasteiger partial charge in [-0.3, -0.25) is 0 Å². The van der Waals surface area contributed by atoms with Crippen molar-refractivity contribution in [3.8, 4) is 0 Å². The second-order valence-electron chi connectivity index (χ2n) is 7.96. The Kier molecular flexibility index (Phi) is 7.27. The molecule has 5 heteroatoms. The first-order chi connectivity index (χ1) is 13.5. The molecule has 0 aliphatic carbocycles. The third-order valence-electron chi connectivity index (χ3n) is 5.70. The molecule has 0 saturated carbocycles. The van der Waals surface area contributed by atoms with Crippen molar-refractivity contribution in [1.29, 1.82) is 0 Å². The highest BCUT2D eigenvalue weighted by Crippen LogP contribution is 2.20. The lowest BCUT2D eigenvalue weighted by molar-refractivity contribution is 0.215. The van der Waals surface area contributed by atoms with Crippen LogP contribution in [-0.4, -0.2) is 50.9 Å². The van der Waals surface area contributed by atoms with E-state index in [1.807, 2.05) is 24.3 Å². The predicted molar refractivity (Wildman–Crippen MR) is 115 cm³/mol. The Morgan fingerprint density at radius 3 is 2.25 bits per heavy atom. The van der Waals surface area contributed by atoms with Crippen LogP contribution in [0.5, 0.6) is 0 Å². The standard InChI is InChI=1S/C23H32N2O2S/c1-20(25-15-8-9-16-25)14-17-24(2)18-21-10-6-7-11-22(21)19-28(26,27)23-12-4-3-5-13-23/h3-7,10-13,20H,8-9,14-19H2,1-2H3. The second-order valence-corrected chi connectivity index (χ2v) is 9.95. The Bertz CT molecular complexity index is 846. The van der Waals surface area contributed by atoms with Gasteiger partial charge in [-0.25, -0.2) is 8.42 Å². The van der Waals surface area contributed by atoms with Crippen molar-refractivity contribution in [3.05, 3.63) is 65.7 Å². The van der Waals surface area contributed by atoms with Crippen LogP contribution in [0.2, 0.25) is 0 Å². The van der Waals surface area contributed by atoms with Gasteiger partial charge in [0.15, 0.2) is 9.84 Å². The molecule has 1 aliphatic rings. The minimum absolute atomic E-state index is 0.0468. The number of nitrogens with zero attached hydrogens (tertiary/aromatic N) is 2. The molecule has 0 aromatic heterocycles. The van der Waals surface area contributed by atoms with E-state index >= 15 is 0 Å². The van der Waals surface area contributed by atoms with Gasteiger partial charge in [0.05, 0.1) is 10.6 Å². The summed E-state index contributed by atoms with van der Waals surface area (Å²) in [6.45, 7) is 6.56. The highest BCUT2D eigenvalue weighted by atomic mass is 32.2. The first-order valence-corrected chi connectivity index (χ1v) is 11.9. The lowest BCUT2D eigenvalue weighted by Gasteiger charge is -2.26. The lowest BCUT2D eigenvalue weighted by atomic mass is 10.1. The molecule has 0 radical (unpaired) electrons. The normalized spacial score (nSPS) is 16.5. The first kappa shape index (κ1) is 21.0. The third-order valence-corrected chi connectivity index (χ3v) is 7.38. The molecule has 1 aliphatic heterocycles. The number of hydrogen-bond donors (Lipinski definition) is 0. The summed E-state index contributed by atoms with van der Waals surface area (Å²) >= 11 is 0. The van der Waals surface area contributed by atoms with Crippen molar-refractivity contribution in [1.82, 2.24) is 9.80 Å². The molecular weight excluding hydrogens is 368 g/mol. The first-order valence-electron chi connectivity index (χ1n) is 10.2. The van der Waals surface area contributed by atoms with Crippen LogP contribution >= 0.6 is 0 Å². The minimum Gasteiger partial charge on any atom is -0.302 e. The maximum Gasteiger partial charge on any atom is 0.182 e. The molecule has 2 aromatic rings. The van der Waals surface area contributed by atoms with Crippen LogP contribution in [0, 0.1) is 0 Å². The van der Waals surface area contributed by atoms with Crippen LogP contribution in [0.15, 0.2) is 59.5 Å². The van der Waals surface area contributed by atoms with Crippen LogP contribution in [0.4, 0.5) is 0 Å². The molecule has 2 aromatic carbocycles. The smallest absolute Gasteiger partial charge is 0.182 e. The molecule has 1 fully saturated rings. The van der Waals surface area contributed by atoms with E-state index in [0.29, 0.717) is 10.9 Å². The summed E-state index contributed by atoms with van der Waals surface area (Å²) in [5.41, 5.74) is 1.99.